The number of benzene rings is 2. The summed E-state index contributed by atoms with van der Waals surface area (Å²) in [6.45, 7) is 9.17. The number of carbonyl (C=O) groups excluding carboxylic acids is 3. The number of carbonyl (C=O) groups is 3. The Bertz CT molecular complexity index is 2640. The van der Waals surface area contributed by atoms with Crippen LogP contribution in [0, 0.1) is 5.41 Å². The predicted octanol–water partition coefficient (Wildman–Crippen LogP) is 8.07. The highest BCUT2D eigenvalue weighted by Crippen LogP contribution is 2.44. The molecule has 13 nitrogen and oxygen atoms in total. The van der Waals surface area contributed by atoms with E-state index in [0.717, 1.165) is 12.1 Å². The monoisotopic (exact) mass is 958 g/mol. The fourth-order valence-electron chi connectivity index (χ4n) is 10.5. The number of nitrogens with one attached hydrogen (secondary N) is 2. The number of H-pyrrole nitrogens is 2. The molecule has 3 amide bonds. The lowest BCUT2D eigenvalue weighted by molar-refractivity contribution is -0.142. The Kier molecular flexibility index (Phi) is 12.7. The van der Waals surface area contributed by atoms with Gasteiger partial charge in [-0.15, -0.1) is 0 Å². The molecule has 2 aromatic carbocycles. The molecule has 0 bridgehead atoms. The third-order valence-corrected chi connectivity index (χ3v) is 16.7. The van der Waals surface area contributed by atoms with Crippen molar-refractivity contribution >= 4 is 27.7 Å². The van der Waals surface area contributed by atoms with Crippen LogP contribution < -0.4 is 0 Å². The quantitative estimate of drug-likeness (QED) is 0.169. The van der Waals surface area contributed by atoms with E-state index >= 15 is 0 Å². The second kappa shape index (κ2) is 17.7. The number of alkyl halides is 6. The van der Waals surface area contributed by atoms with Crippen LogP contribution in [0.3, 0.4) is 0 Å². The van der Waals surface area contributed by atoms with E-state index in [-0.39, 0.29) is 99.4 Å². The first-order valence-corrected chi connectivity index (χ1v) is 24.1. The van der Waals surface area contributed by atoms with E-state index in [9.17, 15) is 49.1 Å². The first-order valence-electron chi connectivity index (χ1n) is 22.7. The lowest BCUT2D eigenvalue weighted by atomic mass is 9.76. The molecule has 8 rings (SSSR count). The standard InChI is InChI=1S/C47H56F6N8O5S/c1-44(2,3)67(65,66)60-22-18-38-34(27-60)40(57-55-38)42(63)61-23-16-29(32-11-7-9-13-36(32)47(51,52)53)24-30(61)25-45(4,5)43(64)59-21-17-37-33(26-59)39(56-54-37)41(62)58-19-14-28(15-20-58)31-10-6-8-12-35(31)46(48,49)50/h6-13,28-30H,14-27H2,1-5H3,(H,54,56)(H,55,57). The third kappa shape index (κ3) is 9.35. The Morgan fingerprint density at radius 2 is 1.16 bits per heavy atom. The number of likely N-dealkylation sites (tertiary alicyclic amines) is 2. The van der Waals surface area contributed by atoms with Crippen molar-refractivity contribution in [2.45, 2.75) is 128 Å². The normalized spacial score (nSPS) is 20.4. The van der Waals surface area contributed by atoms with E-state index in [2.05, 4.69) is 20.4 Å². The van der Waals surface area contributed by atoms with Gasteiger partial charge >= 0.3 is 12.4 Å². The van der Waals surface area contributed by atoms with Crippen molar-refractivity contribution in [2.24, 2.45) is 5.41 Å². The Balaban J connectivity index is 1.01. The van der Waals surface area contributed by atoms with Crippen molar-refractivity contribution in [3.05, 3.63) is 105 Å². The number of sulfonamides is 1. The fraction of sp³-hybridized carbons (Fsp3) is 0.553. The van der Waals surface area contributed by atoms with Crippen molar-refractivity contribution in [3.63, 3.8) is 0 Å². The van der Waals surface area contributed by atoms with Gasteiger partial charge in [-0.1, -0.05) is 50.2 Å². The number of aromatic nitrogens is 4. The van der Waals surface area contributed by atoms with Gasteiger partial charge in [0, 0.05) is 92.6 Å². The molecule has 67 heavy (non-hydrogen) atoms. The first kappa shape index (κ1) is 48.2. The number of hydrogen-bond acceptors (Lipinski definition) is 7. The number of hydrogen-bond donors (Lipinski definition) is 2. The molecule has 4 aliphatic heterocycles. The molecule has 0 saturated carbocycles. The minimum atomic E-state index is -4.62. The summed E-state index contributed by atoms with van der Waals surface area (Å²) in [5, 5.41) is 14.6. The van der Waals surface area contributed by atoms with Gasteiger partial charge in [-0.05, 0) is 88.0 Å². The molecule has 6 heterocycles. The summed E-state index contributed by atoms with van der Waals surface area (Å²) in [6.07, 6.45) is -7.45. The van der Waals surface area contributed by atoms with Crippen LogP contribution in [0.15, 0.2) is 48.5 Å². The van der Waals surface area contributed by atoms with Crippen molar-refractivity contribution in [2.75, 3.05) is 32.7 Å². The summed E-state index contributed by atoms with van der Waals surface area (Å²) in [4.78, 5) is 48.2. The summed E-state index contributed by atoms with van der Waals surface area (Å²) in [7, 11) is -3.77. The minimum absolute atomic E-state index is 0.0307. The van der Waals surface area contributed by atoms with Crippen molar-refractivity contribution in [1.82, 2.24) is 39.4 Å². The van der Waals surface area contributed by atoms with E-state index < -0.39 is 67.4 Å². The Labute approximate surface area is 385 Å². The number of nitrogens with zero attached hydrogens (tertiary/aromatic N) is 6. The van der Waals surface area contributed by atoms with Gasteiger partial charge in [-0.3, -0.25) is 24.6 Å². The van der Waals surface area contributed by atoms with Crippen molar-refractivity contribution in [3.8, 4) is 0 Å². The number of piperidine rings is 2. The third-order valence-electron chi connectivity index (χ3n) is 14.1. The highest BCUT2D eigenvalue weighted by Gasteiger charge is 2.46. The van der Waals surface area contributed by atoms with Gasteiger partial charge in [0.25, 0.3) is 11.8 Å². The predicted molar refractivity (Wildman–Crippen MR) is 235 cm³/mol. The molecule has 2 N–H and O–H groups in total. The van der Waals surface area contributed by atoms with Crippen LogP contribution in [0.4, 0.5) is 26.3 Å². The van der Waals surface area contributed by atoms with Crippen LogP contribution in [0.25, 0.3) is 0 Å². The maximum absolute atomic E-state index is 14.7. The summed E-state index contributed by atoms with van der Waals surface area (Å²) in [6, 6.07) is 10.1. The zero-order valence-corrected chi connectivity index (χ0v) is 39.0. The Hall–Kier alpha value is -5.24. The molecule has 2 aromatic heterocycles. The van der Waals surface area contributed by atoms with Crippen LogP contribution >= 0.6 is 0 Å². The van der Waals surface area contributed by atoms with Gasteiger partial charge in [0.2, 0.25) is 15.9 Å². The molecule has 4 aromatic rings. The van der Waals surface area contributed by atoms with E-state index in [1.54, 1.807) is 61.5 Å². The smallest absolute Gasteiger partial charge is 0.337 e. The van der Waals surface area contributed by atoms with Gasteiger partial charge in [0.15, 0.2) is 11.4 Å². The van der Waals surface area contributed by atoms with Gasteiger partial charge < -0.3 is 14.7 Å². The molecule has 0 aliphatic carbocycles. The molecule has 4 aliphatic rings. The number of halogens is 6. The second-order valence-electron chi connectivity index (χ2n) is 19.9. The number of amides is 3. The van der Waals surface area contributed by atoms with Gasteiger partial charge in [0.1, 0.15) is 0 Å². The SMILES string of the molecule is CC(C)(CC1CC(c2ccccc2C(F)(F)F)CCN1C(=O)c1n[nH]c2c1CN(S(=O)(=O)C(C)(C)C)CC2)C(=O)N1CCc2[nH]nc(C(=O)N3CCC(c4ccccc4C(F)(F)F)CC3)c2C1. The zero-order valence-electron chi connectivity index (χ0n) is 38.2. The van der Waals surface area contributed by atoms with E-state index in [0.29, 0.717) is 48.2 Å². The average Bonchev–Trinajstić information content (AvgIpc) is 3.91. The molecular weight excluding hydrogens is 903 g/mol. The van der Waals surface area contributed by atoms with Gasteiger partial charge in [-0.2, -0.15) is 40.8 Å². The summed E-state index contributed by atoms with van der Waals surface area (Å²) in [5.74, 6) is -2.20. The molecule has 2 atom stereocenters. The lowest BCUT2D eigenvalue weighted by Crippen LogP contribution is -2.51. The molecule has 362 valence electrons. The fourth-order valence-corrected chi connectivity index (χ4v) is 11.9. The number of rotatable bonds is 8. The highest BCUT2D eigenvalue weighted by molar-refractivity contribution is 7.90. The van der Waals surface area contributed by atoms with Crippen LogP contribution in [-0.2, 0) is 53.1 Å². The van der Waals surface area contributed by atoms with E-state index in [1.807, 2.05) is 0 Å². The largest absolute Gasteiger partial charge is 0.416 e. The van der Waals surface area contributed by atoms with Crippen molar-refractivity contribution in [1.29, 1.82) is 0 Å². The van der Waals surface area contributed by atoms with Gasteiger partial charge in [-0.25, -0.2) is 8.42 Å². The number of aromatic amines is 2. The van der Waals surface area contributed by atoms with Gasteiger partial charge in [0.05, 0.1) is 15.9 Å². The maximum Gasteiger partial charge on any atom is 0.416 e. The minimum Gasteiger partial charge on any atom is -0.337 e. The highest BCUT2D eigenvalue weighted by atomic mass is 32.2. The zero-order chi connectivity index (χ0) is 48.4. The molecule has 2 fully saturated rings. The van der Waals surface area contributed by atoms with Crippen LogP contribution in [0.1, 0.15) is 144 Å². The first-order chi connectivity index (χ1) is 31.4. The van der Waals surface area contributed by atoms with Crippen LogP contribution in [-0.4, -0.2) is 109 Å². The average molecular weight is 959 g/mol. The molecule has 20 heteroatoms. The van der Waals surface area contributed by atoms with Crippen LogP contribution in [0.2, 0.25) is 0 Å². The van der Waals surface area contributed by atoms with E-state index in [1.165, 1.54) is 28.6 Å². The Morgan fingerprint density at radius 1 is 0.657 bits per heavy atom. The van der Waals surface area contributed by atoms with Crippen LogP contribution in [0.5, 0.6) is 0 Å². The topological polar surface area (TPSA) is 156 Å². The summed E-state index contributed by atoms with van der Waals surface area (Å²) < 4.78 is 112. The maximum atomic E-state index is 14.7. The summed E-state index contributed by atoms with van der Waals surface area (Å²) in [5.41, 5.74) is 0.136. The van der Waals surface area contributed by atoms with E-state index in [4.69, 9.17) is 0 Å². The molecule has 2 unspecified atom stereocenters. The molecular formula is C47H56F6N8O5S. The lowest BCUT2D eigenvalue weighted by Gasteiger charge is -2.44. The number of fused-ring (bicyclic) bond motifs is 2. The van der Waals surface area contributed by atoms with Crippen molar-refractivity contribution < 1.29 is 49.1 Å². The summed E-state index contributed by atoms with van der Waals surface area (Å²) >= 11 is 0. The second-order valence-corrected chi connectivity index (χ2v) is 22.6. The molecule has 2 saturated heterocycles. The molecule has 0 spiro atoms. The molecule has 0 radical (unpaired) electrons. The Morgan fingerprint density at radius 3 is 1.73 bits per heavy atom.